The lowest BCUT2D eigenvalue weighted by Crippen LogP contribution is -2.61. The molecule has 2 N–H and O–H groups in total. The van der Waals surface area contributed by atoms with Crippen molar-refractivity contribution in [1.29, 1.82) is 0 Å². The molecule has 78 heavy (non-hydrogen) atoms. The molecule has 1 aromatic carbocycles. The fraction of sp³-hybridized carbons (Fsp3) is 0.661. The van der Waals surface area contributed by atoms with Crippen LogP contribution in [0.15, 0.2) is 71.9 Å². The number of nitro benzene ring substituents is 1. The number of amides is 1. The summed E-state index contributed by atoms with van der Waals surface area (Å²) in [5.41, 5.74) is 0.957. The number of cyclic esters (lactones) is 1. The first kappa shape index (κ1) is 63.4. The number of ether oxygens (including phenoxy) is 7. The van der Waals surface area contributed by atoms with Gasteiger partial charge in [-0.25, -0.2) is 9.59 Å². The van der Waals surface area contributed by atoms with E-state index in [1.165, 1.54) is 38.5 Å². The first-order chi connectivity index (χ1) is 37.0. The molecule has 3 aliphatic heterocycles. The number of aliphatic hydroxyl groups excluding tert-OH is 1. The number of allylic oxidation sites excluding steroid dienone is 6. The van der Waals surface area contributed by atoms with Crippen molar-refractivity contribution in [1.82, 2.24) is 4.90 Å². The maximum absolute atomic E-state index is 14.6. The standard InChI is InChI=1S/C59H84N2O17/c1-35-16-12-11-13-17-36(2)49(72-8)33-45-25-21-41(7)59(69,78-45)55(65)56(66)60-29-15-14-18-46(60)57(67)76-50(34-47(62)38(4)30-40(6)53(64)54(74-10)52(63)37(3)20-19-35)39(5)31-42-22-28-48(51(32-42)73-9)77-58(68)75-44-26-23-43(24-27-44)61(70)71/h11-13,16-17,23-24,26-27,30,35,37,39-42,45-46,48-51,53-54,64,69H,14-15,18-22,25,28-29,31-34H2,1-10H3/t35-,37-,39-,40?,41-,42+,45?,46+,48-,49+,50+,51-,53-,54+,59?/m1/s1. The number of hydrogen-bond acceptors (Lipinski definition) is 17. The Morgan fingerprint density at radius 1 is 0.872 bits per heavy atom. The Bertz CT molecular complexity index is 2360. The molecule has 2 bridgehead atoms. The van der Waals surface area contributed by atoms with Crippen LogP contribution in [0.5, 0.6) is 5.75 Å². The third-order valence-corrected chi connectivity index (χ3v) is 16.3. The monoisotopic (exact) mass is 1090 g/mol. The van der Waals surface area contributed by atoms with Gasteiger partial charge in [-0.15, -0.1) is 0 Å². The fourth-order valence-corrected chi connectivity index (χ4v) is 11.1. The van der Waals surface area contributed by atoms with Gasteiger partial charge in [0.2, 0.25) is 5.79 Å². The summed E-state index contributed by atoms with van der Waals surface area (Å²) in [5, 5.41) is 34.7. The van der Waals surface area contributed by atoms with Gasteiger partial charge in [-0.2, -0.15) is 0 Å². The lowest BCUT2D eigenvalue weighted by molar-refractivity contribution is -0.384. The summed E-state index contributed by atoms with van der Waals surface area (Å²) in [6.07, 6.45) is 9.48. The van der Waals surface area contributed by atoms with Crippen molar-refractivity contribution in [2.24, 2.45) is 35.5 Å². The number of Topliss-reactive ketones (excluding diaryl/α,β-unsaturated/α-hetero) is 3. The zero-order valence-electron chi connectivity index (χ0n) is 47.2. The van der Waals surface area contributed by atoms with Crippen LogP contribution in [0.3, 0.4) is 0 Å². The number of hydrogen-bond donors (Lipinski definition) is 2. The van der Waals surface area contributed by atoms with Crippen molar-refractivity contribution in [2.45, 2.75) is 186 Å². The molecule has 19 heteroatoms. The number of piperidine rings is 1. The lowest BCUT2D eigenvalue weighted by Gasteiger charge is -2.42. The molecule has 3 unspecified atom stereocenters. The lowest BCUT2D eigenvalue weighted by atomic mass is 9.78. The van der Waals surface area contributed by atoms with E-state index < -0.39 is 113 Å². The third-order valence-electron chi connectivity index (χ3n) is 16.3. The van der Waals surface area contributed by atoms with E-state index in [0.29, 0.717) is 70.6 Å². The SMILES string of the molecule is CO[C@H]1CC2CC[C@@H](C)C(O)(O2)C(=O)C(=O)N2CCCC[C@H]2C(=O)O[C@H]([C@H](C)C[C@@H]2CC[C@@H](OC(=O)Oc3ccc([N+](=O)[O-])cc3)[C@H](OC)C2)CC(=O)C(C)=CC(C)[C@@H](O)[C@@H](OC)C(=O)[C@H](C)CC[C@H](C)C=CC=CC=C1C. The van der Waals surface area contributed by atoms with Crippen LogP contribution in [-0.2, 0) is 52.4 Å². The first-order valence-electron chi connectivity index (χ1n) is 27.6. The molecule has 1 amide bonds. The van der Waals surface area contributed by atoms with Crippen LogP contribution in [0, 0.1) is 45.6 Å². The summed E-state index contributed by atoms with van der Waals surface area (Å²) < 4.78 is 40.7. The average Bonchev–Trinajstić information content (AvgIpc) is 3.44. The van der Waals surface area contributed by atoms with Crippen molar-refractivity contribution in [3.63, 3.8) is 0 Å². The number of methoxy groups -OCH3 is 3. The smallest absolute Gasteiger partial charge is 0.460 e. The van der Waals surface area contributed by atoms with E-state index in [1.54, 1.807) is 34.0 Å². The van der Waals surface area contributed by atoms with E-state index in [2.05, 4.69) is 6.92 Å². The number of rotatable bonds is 9. The molecule has 0 spiro atoms. The number of benzene rings is 1. The van der Waals surface area contributed by atoms with Crippen LogP contribution in [0.1, 0.15) is 132 Å². The van der Waals surface area contributed by atoms with Crippen LogP contribution in [0.2, 0.25) is 0 Å². The van der Waals surface area contributed by atoms with Crippen LogP contribution in [-0.4, -0.2) is 138 Å². The minimum atomic E-state index is -2.48. The van der Waals surface area contributed by atoms with Crippen molar-refractivity contribution >= 4 is 41.1 Å². The number of ketones is 3. The van der Waals surface area contributed by atoms with Crippen molar-refractivity contribution < 1.29 is 77.1 Å². The zero-order valence-corrected chi connectivity index (χ0v) is 47.2. The van der Waals surface area contributed by atoms with Gasteiger partial charge in [0.25, 0.3) is 17.4 Å². The molecule has 0 radical (unpaired) electrons. The van der Waals surface area contributed by atoms with E-state index in [1.807, 2.05) is 51.2 Å². The Labute approximate surface area is 459 Å². The van der Waals surface area contributed by atoms with Gasteiger partial charge in [0.15, 0.2) is 11.6 Å². The first-order valence-corrected chi connectivity index (χ1v) is 27.6. The summed E-state index contributed by atoms with van der Waals surface area (Å²) in [7, 11) is 4.43. The van der Waals surface area contributed by atoms with Crippen molar-refractivity contribution in [3.8, 4) is 5.75 Å². The van der Waals surface area contributed by atoms with E-state index >= 15 is 0 Å². The molecule has 0 aromatic heterocycles. The third kappa shape index (κ3) is 17.0. The molecule has 1 aliphatic carbocycles. The fourth-order valence-electron chi connectivity index (χ4n) is 11.1. The molecule has 432 valence electrons. The predicted molar refractivity (Wildman–Crippen MR) is 288 cm³/mol. The normalized spacial score (nSPS) is 33.4. The molecule has 3 heterocycles. The van der Waals surface area contributed by atoms with Crippen LogP contribution < -0.4 is 4.74 Å². The molecular weight excluding hydrogens is 1010 g/mol. The maximum Gasteiger partial charge on any atom is 0.514 e. The van der Waals surface area contributed by atoms with E-state index in [0.717, 1.165) is 10.5 Å². The van der Waals surface area contributed by atoms with E-state index in [9.17, 15) is 49.1 Å². The molecule has 5 rings (SSSR count). The Morgan fingerprint density at radius 2 is 1.59 bits per heavy atom. The number of non-ortho nitro benzene ring substituents is 1. The van der Waals surface area contributed by atoms with Gasteiger partial charge in [-0.05, 0) is 126 Å². The topological polar surface area (TPSA) is 254 Å². The van der Waals surface area contributed by atoms with Gasteiger partial charge in [-0.3, -0.25) is 29.3 Å². The highest BCUT2D eigenvalue weighted by molar-refractivity contribution is 6.39. The highest BCUT2D eigenvalue weighted by Crippen LogP contribution is 2.38. The van der Waals surface area contributed by atoms with Gasteiger partial charge >= 0.3 is 12.1 Å². The second-order valence-electron chi connectivity index (χ2n) is 22.1. The van der Waals surface area contributed by atoms with Gasteiger partial charge in [0, 0.05) is 70.6 Å². The highest BCUT2D eigenvalue weighted by Gasteiger charge is 2.53. The minimum absolute atomic E-state index is 0.0334. The minimum Gasteiger partial charge on any atom is -0.460 e. The number of aliphatic hydroxyl groups is 2. The molecule has 15 atom stereocenters. The Kier molecular flexibility index (Phi) is 24.1. The maximum atomic E-state index is 14.6. The number of carbonyl (C=O) groups excluding carboxylic acids is 6. The molecule has 1 saturated carbocycles. The van der Waals surface area contributed by atoms with Gasteiger partial charge < -0.3 is 48.3 Å². The summed E-state index contributed by atoms with van der Waals surface area (Å²) >= 11 is 0. The number of nitrogens with zero attached hydrogens (tertiary/aromatic N) is 2. The largest absolute Gasteiger partial charge is 0.514 e. The number of nitro groups is 1. The van der Waals surface area contributed by atoms with E-state index in [4.69, 9.17) is 33.2 Å². The molecule has 4 aliphatic rings. The summed E-state index contributed by atoms with van der Waals surface area (Å²) in [6.45, 7) is 12.6. The molecule has 3 fully saturated rings. The predicted octanol–water partition coefficient (Wildman–Crippen LogP) is 8.70. The second kappa shape index (κ2) is 29.7. The van der Waals surface area contributed by atoms with Gasteiger partial charge in [0.1, 0.15) is 30.1 Å². The van der Waals surface area contributed by atoms with Gasteiger partial charge in [0.05, 0.1) is 29.3 Å². The number of fused-ring (bicyclic) bond motifs is 3. The van der Waals surface area contributed by atoms with Crippen molar-refractivity contribution in [3.05, 3.63) is 82.0 Å². The zero-order chi connectivity index (χ0) is 57.4. The van der Waals surface area contributed by atoms with Crippen LogP contribution >= 0.6 is 0 Å². The average molecular weight is 1090 g/mol. The second-order valence-corrected chi connectivity index (χ2v) is 22.1. The Morgan fingerprint density at radius 3 is 2.26 bits per heavy atom. The Hall–Kier alpha value is -5.44. The van der Waals surface area contributed by atoms with Gasteiger partial charge in [-0.1, -0.05) is 71.1 Å². The molecule has 19 nitrogen and oxygen atoms in total. The van der Waals surface area contributed by atoms with E-state index in [-0.39, 0.29) is 54.0 Å². The summed E-state index contributed by atoms with van der Waals surface area (Å²) in [5.74, 6) is -8.44. The quantitative estimate of drug-likeness (QED) is 0.0771. The molecule has 2 saturated heterocycles. The molecule has 1 aromatic rings. The van der Waals surface area contributed by atoms with Crippen LogP contribution in [0.25, 0.3) is 0 Å². The number of esters is 1. The highest BCUT2D eigenvalue weighted by atomic mass is 16.7. The Balaban J connectivity index is 1.42. The van der Waals surface area contributed by atoms with Crippen molar-refractivity contribution in [2.75, 3.05) is 27.9 Å². The summed E-state index contributed by atoms with van der Waals surface area (Å²) in [6, 6.07) is 3.77. The molecular formula is C59H84N2O17. The summed E-state index contributed by atoms with van der Waals surface area (Å²) in [4.78, 5) is 95.9. The number of carbonyl (C=O) groups is 6. The van der Waals surface area contributed by atoms with Crippen LogP contribution in [0.4, 0.5) is 10.5 Å².